The van der Waals surface area contributed by atoms with Crippen LogP contribution in [-0.2, 0) is 16.1 Å². The summed E-state index contributed by atoms with van der Waals surface area (Å²) in [7, 11) is 0. The van der Waals surface area contributed by atoms with Gasteiger partial charge in [0.25, 0.3) is 5.91 Å². The second-order valence-electron chi connectivity index (χ2n) is 7.68. The van der Waals surface area contributed by atoms with Crippen LogP contribution in [0, 0.1) is 0 Å². The molecule has 3 aromatic carbocycles. The van der Waals surface area contributed by atoms with Crippen molar-refractivity contribution in [1.29, 1.82) is 0 Å². The number of nitrogens with zero attached hydrogens (tertiary/aromatic N) is 1. The summed E-state index contributed by atoms with van der Waals surface area (Å²) < 4.78 is 11.1. The molecule has 2 amide bonds. The molecule has 7 heteroatoms. The van der Waals surface area contributed by atoms with Crippen molar-refractivity contribution < 1.29 is 19.1 Å². The van der Waals surface area contributed by atoms with E-state index in [-0.39, 0.29) is 18.4 Å². The maximum atomic E-state index is 12.5. The first-order chi connectivity index (χ1) is 16.2. The number of ether oxygens (including phenoxy) is 2. The molecule has 0 unspecified atom stereocenters. The molecule has 1 aliphatic heterocycles. The number of nitrogens with one attached hydrogen (secondary N) is 2. The van der Waals surface area contributed by atoms with E-state index in [9.17, 15) is 9.59 Å². The molecule has 7 nitrogen and oxygen atoms in total. The van der Waals surface area contributed by atoms with Crippen molar-refractivity contribution in [3.05, 3.63) is 90.0 Å². The molecule has 1 fully saturated rings. The molecule has 4 rings (SSSR count). The van der Waals surface area contributed by atoms with Gasteiger partial charge in [0.05, 0.1) is 19.8 Å². The summed E-state index contributed by atoms with van der Waals surface area (Å²) in [6, 6.07) is 24.4. The van der Waals surface area contributed by atoms with Gasteiger partial charge in [-0.25, -0.2) is 0 Å². The van der Waals surface area contributed by atoms with Crippen molar-refractivity contribution >= 4 is 23.2 Å². The maximum Gasteiger partial charge on any atom is 0.254 e. The van der Waals surface area contributed by atoms with E-state index in [0.717, 1.165) is 17.0 Å². The number of hydrogen-bond acceptors (Lipinski definition) is 5. The summed E-state index contributed by atoms with van der Waals surface area (Å²) in [5.41, 5.74) is 3.17. The van der Waals surface area contributed by atoms with Gasteiger partial charge in [-0.3, -0.25) is 9.59 Å². The molecule has 0 aromatic heterocycles. The van der Waals surface area contributed by atoms with Gasteiger partial charge in [0.1, 0.15) is 12.4 Å². The van der Waals surface area contributed by atoms with E-state index in [1.54, 1.807) is 29.2 Å². The van der Waals surface area contributed by atoms with Gasteiger partial charge in [-0.05, 0) is 54.1 Å². The second kappa shape index (κ2) is 11.2. The van der Waals surface area contributed by atoms with E-state index in [1.165, 1.54) is 0 Å². The Balaban J connectivity index is 1.21. The first-order valence-corrected chi connectivity index (χ1v) is 10.9. The van der Waals surface area contributed by atoms with Crippen LogP contribution in [0.15, 0.2) is 78.9 Å². The van der Waals surface area contributed by atoms with Gasteiger partial charge >= 0.3 is 0 Å². The van der Waals surface area contributed by atoms with Crippen LogP contribution in [0.5, 0.6) is 5.75 Å². The summed E-state index contributed by atoms with van der Waals surface area (Å²) in [4.78, 5) is 26.6. The molecule has 0 spiro atoms. The first-order valence-electron chi connectivity index (χ1n) is 10.9. The van der Waals surface area contributed by atoms with Gasteiger partial charge in [-0.1, -0.05) is 30.3 Å². The van der Waals surface area contributed by atoms with Crippen molar-refractivity contribution in [3.8, 4) is 5.75 Å². The van der Waals surface area contributed by atoms with E-state index in [2.05, 4.69) is 10.6 Å². The second-order valence-corrected chi connectivity index (χ2v) is 7.68. The zero-order chi connectivity index (χ0) is 22.9. The van der Waals surface area contributed by atoms with E-state index >= 15 is 0 Å². The van der Waals surface area contributed by atoms with Crippen LogP contribution in [-0.4, -0.2) is 49.6 Å². The molecule has 1 heterocycles. The lowest BCUT2D eigenvalue weighted by Gasteiger charge is -2.26. The molecule has 0 atom stereocenters. The summed E-state index contributed by atoms with van der Waals surface area (Å²) in [6.07, 6.45) is 0. The SMILES string of the molecule is O=C(CNc1ccc(OCc2ccccc2)cc1)Nc1ccc(C(=O)N2CCOCC2)cc1. The van der Waals surface area contributed by atoms with Crippen LogP contribution in [0.25, 0.3) is 0 Å². The number of anilines is 2. The number of rotatable bonds is 8. The molecule has 1 saturated heterocycles. The third-order valence-corrected chi connectivity index (χ3v) is 5.27. The average Bonchev–Trinajstić information content (AvgIpc) is 2.88. The van der Waals surface area contributed by atoms with Crippen LogP contribution >= 0.6 is 0 Å². The van der Waals surface area contributed by atoms with Crippen LogP contribution in [0.2, 0.25) is 0 Å². The largest absolute Gasteiger partial charge is 0.489 e. The lowest BCUT2D eigenvalue weighted by Crippen LogP contribution is -2.40. The minimum absolute atomic E-state index is 0.0194. The Hall–Kier alpha value is -3.84. The van der Waals surface area contributed by atoms with E-state index < -0.39 is 0 Å². The minimum atomic E-state index is -0.174. The summed E-state index contributed by atoms with van der Waals surface area (Å²) in [5.74, 6) is 0.571. The summed E-state index contributed by atoms with van der Waals surface area (Å²) in [5, 5.41) is 5.93. The monoisotopic (exact) mass is 445 g/mol. The predicted octanol–water partition coefficient (Wildman–Crippen LogP) is 3.79. The molecule has 33 heavy (non-hydrogen) atoms. The van der Waals surface area contributed by atoms with Gasteiger partial charge in [-0.2, -0.15) is 0 Å². The summed E-state index contributed by atoms with van der Waals surface area (Å²) in [6.45, 7) is 2.96. The third kappa shape index (κ3) is 6.57. The predicted molar refractivity (Wildman–Crippen MR) is 127 cm³/mol. The molecule has 0 aliphatic carbocycles. The van der Waals surface area contributed by atoms with E-state index in [1.807, 2.05) is 54.6 Å². The molecule has 0 bridgehead atoms. The fourth-order valence-corrected chi connectivity index (χ4v) is 3.44. The Kier molecular flexibility index (Phi) is 7.56. The highest BCUT2D eigenvalue weighted by Gasteiger charge is 2.18. The standard InChI is InChI=1S/C26H27N3O4/c30-25(28-23-8-6-21(7-9-23)26(31)29-14-16-32-17-15-29)18-27-22-10-12-24(13-11-22)33-19-20-4-2-1-3-5-20/h1-13,27H,14-19H2,(H,28,30). The molecule has 0 saturated carbocycles. The quantitative estimate of drug-likeness (QED) is 0.552. The Labute approximate surface area is 193 Å². The van der Waals surface area contributed by atoms with E-state index in [0.29, 0.717) is 44.2 Å². The molecular formula is C26H27N3O4. The lowest BCUT2D eigenvalue weighted by atomic mass is 10.1. The maximum absolute atomic E-state index is 12.5. The Morgan fingerprint density at radius 3 is 2.21 bits per heavy atom. The number of amides is 2. The van der Waals surface area contributed by atoms with Crippen molar-refractivity contribution in [1.82, 2.24) is 4.90 Å². The van der Waals surface area contributed by atoms with Gasteiger partial charge in [0.2, 0.25) is 5.91 Å². The number of hydrogen-bond donors (Lipinski definition) is 2. The molecule has 1 aliphatic rings. The van der Waals surface area contributed by atoms with Gasteiger partial charge in [0.15, 0.2) is 0 Å². The Morgan fingerprint density at radius 1 is 0.848 bits per heavy atom. The molecule has 2 N–H and O–H groups in total. The zero-order valence-corrected chi connectivity index (χ0v) is 18.3. The Morgan fingerprint density at radius 2 is 1.52 bits per heavy atom. The number of carbonyl (C=O) groups is 2. The number of morpholine rings is 1. The van der Waals surface area contributed by atoms with Gasteiger partial charge in [0, 0.05) is 30.0 Å². The van der Waals surface area contributed by atoms with Crippen molar-refractivity contribution in [2.45, 2.75) is 6.61 Å². The molecule has 0 radical (unpaired) electrons. The van der Waals surface area contributed by atoms with E-state index in [4.69, 9.17) is 9.47 Å². The zero-order valence-electron chi connectivity index (χ0n) is 18.3. The highest BCUT2D eigenvalue weighted by atomic mass is 16.5. The topological polar surface area (TPSA) is 79.9 Å². The van der Waals surface area contributed by atoms with Crippen LogP contribution in [0.1, 0.15) is 15.9 Å². The highest BCUT2D eigenvalue weighted by molar-refractivity contribution is 5.96. The highest BCUT2D eigenvalue weighted by Crippen LogP contribution is 2.17. The van der Waals surface area contributed by atoms with Gasteiger partial charge < -0.3 is 25.0 Å². The minimum Gasteiger partial charge on any atom is -0.489 e. The summed E-state index contributed by atoms with van der Waals surface area (Å²) >= 11 is 0. The number of benzene rings is 3. The van der Waals surface area contributed by atoms with Crippen molar-refractivity contribution in [2.24, 2.45) is 0 Å². The van der Waals surface area contributed by atoms with Crippen LogP contribution < -0.4 is 15.4 Å². The van der Waals surface area contributed by atoms with Gasteiger partial charge in [-0.15, -0.1) is 0 Å². The van der Waals surface area contributed by atoms with Crippen molar-refractivity contribution in [3.63, 3.8) is 0 Å². The van der Waals surface area contributed by atoms with Crippen molar-refractivity contribution in [2.75, 3.05) is 43.5 Å². The molecule has 170 valence electrons. The fraction of sp³-hybridized carbons (Fsp3) is 0.231. The Bertz CT molecular complexity index is 1050. The third-order valence-electron chi connectivity index (χ3n) is 5.27. The van der Waals surface area contributed by atoms with Crippen LogP contribution in [0.4, 0.5) is 11.4 Å². The molecular weight excluding hydrogens is 418 g/mol. The normalized spacial score (nSPS) is 13.3. The average molecular weight is 446 g/mol. The fourth-order valence-electron chi connectivity index (χ4n) is 3.44. The smallest absolute Gasteiger partial charge is 0.254 e. The first kappa shape index (κ1) is 22.4. The lowest BCUT2D eigenvalue weighted by molar-refractivity contribution is -0.114. The molecule has 3 aromatic rings. The number of carbonyl (C=O) groups excluding carboxylic acids is 2. The van der Waals surface area contributed by atoms with Crippen LogP contribution in [0.3, 0.4) is 0 Å².